The van der Waals surface area contributed by atoms with Crippen LogP contribution in [0.2, 0.25) is 5.02 Å². The van der Waals surface area contributed by atoms with Crippen molar-refractivity contribution in [1.29, 1.82) is 0 Å². The highest BCUT2D eigenvalue weighted by molar-refractivity contribution is 6.31. The lowest BCUT2D eigenvalue weighted by molar-refractivity contribution is 0.173. The maximum Gasteiger partial charge on any atom is 0.118 e. The van der Waals surface area contributed by atoms with Gasteiger partial charge in [0.25, 0.3) is 0 Å². The third kappa shape index (κ3) is 3.77. The van der Waals surface area contributed by atoms with Crippen LogP contribution in [0.3, 0.4) is 0 Å². The monoisotopic (exact) mass is 308 g/mol. The number of rotatable bonds is 6. The van der Waals surface area contributed by atoms with Gasteiger partial charge < -0.3 is 9.84 Å². The highest BCUT2D eigenvalue weighted by Gasteiger charge is 2.16. The molecular formula is C16H21ClN2O2. The highest BCUT2D eigenvalue weighted by Crippen LogP contribution is 2.23. The van der Waals surface area contributed by atoms with Crippen LogP contribution in [0.4, 0.5) is 0 Å². The number of aliphatic hydroxyl groups excluding tert-OH is 1. The quantitative estimate of drug-likeness (QED) is 0.892. The molecule has 2 rings (SSSR count). The van der Waals surface area contributed by atoms with E-state index < -0.39 is 6.10 Å². The number of aryl methyl sites for hydroxylation is 2. The van der Waals surface area contributed by atoms with Gasteiger partial charge in [-0.1, -0.05) is 30.7 Å². The van der Waals surface area contributed by atoms with Crippen molar-refractivity contribution in [2.24, 2.45) is 7.05 Å². The molecule has 114 valence electrons. The number of hydrogen-bond donors (Lipinski definition) is 1. The van der Waals surface area contributed by atoms with Gasteiger partial charge in [-0.15, -0.1) is 0 Å². The molecular weight excluding hydrogens is 288 g/mol. The normalized spacial score (nSPS) is 12.4. The van der Waals surface area contributed by atoms with E-state index in [0.717, 1.165) is 29.1 Å². The molecule has 21 heavy (non-hydrogen) atoms. The average molecular weight is 309 g/mol. The van der Waals surface area contributed by atoms with E-state index in [-0.39, 0.29) is 0 Å². The molecule has 0 radical (unpaired) electrons. The molecule has 0 saturated heterocycles. The summed E-state index contributed by atoms with van der Waals surface area (Å²) in [5, 5.41) is 15.3. The summed E-state index contributed by atoms with van der Waals surface area (Å²) in [6.07, 6.45) is 1.37. The Labute approximate surface area is 130 Å². The largest absolute Gasteiger partial charge is 0.497 e. The molecule has 0 aliphatic rings. The predicted octanol–water partition coefficient (Wildman–Crippen LogP) is 2.79. The van der Waals surface area contributed by atoms with Gasteiger partial charge in [0.1, 0.15) is 5.75 Å². The number of aromatic nitrogens is 2. The van der Waals surface area contributed by atoms with Crippen LogP contribution in [0.15, 0.2) is 24.3 Å². The van der Waals surface area contributed by atoms with Crippen molar-refractivity contribution in [3.05, 3.63) is 46.2 Å². The van der Waals surface area contributed by atoms with E-state index >= 15 is 0 Å². The molecule has 1 aromatic heterocycles. The third-order valence-corrected chi connectivity index (χ3v) is 4.00. The molecule has 5 heteroatoms. The Kier molecular flexibility index (Phi) is 5.26. The Hall–Kier alpha value is -1.52. The molecule has 0 spiro atoms. The van der Waals surface area contributed by atoms with Gasteiger partial charge in [0, 0.05) is 13.5 Å². The van der Waals surface area contributed by atoms with Gasteiger partial charge in [0.05, 0.1) is 29.6 Å². The summed E-state index contributed by atoms with van der Waals surface area (Å²) in [5.74, 6) is 0.815. The van der Waals surface area contributed by atoms with Crippen molar-refractivity contribution in [3.63, 3.8) is 0 Å². The number of ether oxygens (including phenoxy) is 1. The number of halogens is 1. The Balaban J connectivity index is 2.04. The summed E-state index contributed by atoms with van der Waals surface area (Å²) in [7, 11) is 3.50. The average Bonchev–Trinajstić information content (AvgIpc) is 2.75. The fourth-order valence-corrected chi connectivity index (χ4v) is 2.74. The molecule has 0 bridgehead atoms. The predicted molar refractivity (Wildman–Crippen MR) is 84.0 cm³/mol. The zero-order chi connectivity index (χ0) is 15.4. The van der Waals surface area contributed by atoms with Crippen LogP contribution in [0.1, 0.15) is 23.9 Å². The fraction of sp³-hybridized carbons (Fsp3) is 0.438. The van der Waals surface area contributed by atoms with E-state index in [2.05, 4.69) is 5.10 Å². The van der Waals surface area contributed by atoms with E-state index in [1.54, 1.807) is 11.8 Å². The molecule has 2 aromatic rings. The first-order valence-corrected chi connectivity index (χ1v) is 7.44. The van der Waals surface area contributed by atoms with Crippen molar-refractivity contribution in [2.75, 3.05) is 7.11 Å². The molecule has 1 atom stereocenters. The number of hydrogen-bond acceptors (Lipinski definition) is 3. The van der Waals surface area contributed by atoms with Crippen LogP contribution in [0.25, 0.3) is 0 Å². The molecule has 0 aliphatic heterocycles. The van der Waals surface area contributed by atoms with E-state index in [1.807, 2.05) is 38.2 Å². The van der Waals surface area contributed by atoms with Crippen molar-refractivity contribution >= 4 is 11.6 Å². The van der Waals surface area contributed by atoms with Gasteiger partial charge in [-0.3, -0.25) is 4.68 Å². The summed E-state index contributed by atoms with van der Waals surface area (Å²) in [6, 6.07) is 7.72. The van der Waals surface area contributed by atoms with Gasteiger partial charge >= 0.3 is 0 Å². The number of nitrogens with zero attached hydrogens (tertiary/aromatic N) is 2. The molecule has 4 nitrogen and oxygen atoms in total. The highest BCUT2D eigenvalue weighted by atomic mass is 35.5. The standard InChI is InChI=1S/C16H21ClN2O2/c1-4-14-16(17)15(19(2)18-14)10-12(20)9-11-5-7-13(21-3)8-6-11/h5-8,12,20H,4,9-10H2,1-3H3. The van der Waals surface area contributed by atoms with Crippen molar-refractivity contribution in [3.8, 4) is 5.75 Å². The molecule has 1 heterocycles. The zero-order valence-electron chi connectivity index (χ0n) is 12.6. The topological polar surface area (TPSA) is 47.3 Å². The lowest BCUT2D eigenvalue weighted by Gasteiger charge is -2.12. The molecule has 0 aliphatic carbocycles. The Morgan fingerprint density at radius 1 is 1.29 bits per heavy atom. The summed E-state index contributed by atoms with van der Waals surface area (Å²) in [4.78, 5) is 0. The maximum atomic E-state index is 10.3. The van der Waals surface area contributed by atoms with Crippen LogP contribution < -0.4 is 4.74 Å². The molecule has 0 fully saturated rings. The third-order valence-electron chi connectivity index (χ3n) is 3.56. The van der Waals surface area contributed by atoms with E-state index in [9.17, 15) is 5.11 Å². The van der Waals surface area contributed by atoms with Crippen LogP contribution in [0.5, 0.6) is 5.75 Å². The molecule has 1 N–H and O–H groups in total. The van der Waals surface area contributed by atoms with E-state index in [4.69, 9.17) is 16.3 Å². The number of aliphatic hydroxyl groups is 1. The lowest BCUT2D eigenvalue weighted by atomic mass is 10.0. The van der Waals surface area contributed by atoms with Crippen LogP contribution >= 0.6 is 11.6 Å². The Bertz CT molecular complexity index is 593. The first kappa shape index (κ1) is 15.9. The number of methoxy groups -OCH3 is 1. The lowest BCUT2D eigenvalue weighted by Crippen LogP contribution is -2.16. The second-order valence-electron chi connectivity index (χ2n) is 5.09. The van der Waals surface area contributed by atoms with E-state index in [0.29, 0.717) is 17.9 Å². The summed E-state index contributed by atoms with van der Waals surface area (Å²) >= 11 is 6.31. The van der Waals surface area contributed by atoms with Gasteiger partial charge in [-0.05, 0) is 30.5 Å². The first-order valence-electron chi connectivity index (χ1n) is 7.06. The van der Waals surface area contributed by atoms with Crippen molar-refractivity contribution in [1.82, 2.24) is 9.78 Å². The van der Waals surface area contributed by atoms with Crippen LogP contribution in [0, 0.1) is 0 Å². The van der Waals surface area contributed by atoms with E-state index in [1.165, 1.54) is 0 Å². The minimum atomic E-state index is -0.490. The molecule has 1 unspecified atom stereocenters. The summed E-state index contributed by atoms with van der Waals surface area (Å²) in [6.45, 7) is 2.02. The van der Waals surface area contributed by atoms with Crippen molar-refractivity contribution in [2.45, 2.75) is 32.3 Å². The molecule has 0 amide bonds. The van der Waals surface area contributed by atoms with Crippen LogP contribution in [-0.2, 0) is 26.3 Å². The smallest absolute Gasteiger partial charge is 0.118 e. The van der Waals surface area contributed by atoms with Crippen molar-refractivity contribution < 1.29 is 9.84 Å². The SMILES string of the molecule is CCc1nn(C)c(CC(O)Cc2ccc(OC)cc2)c1Cl. The molecule has 1 aromatic carbocycles. The maximum absolute atomic E-state index is 10.3. The first-order chi connectivity index (χ1) is 10.0. The summed E-state index contributed by atoms with van der Waals surface area (Å²) in [5.41, 5.74) is 2.83. The zero-order valence-corrected chi connectivity index (χ0v) is 13.4. The second-order valence-corrected chi connectivity index (χ2v) is 5.47. The van der Waals surface area contributed by atoms with Gasteiger partial charge in [-0.25, -0.2) is 0 Å². The minimum Gasteiger partial charge on any atom is -0.497 e. The minimum absolute atomic E-state index is 0.490. The van der Waals surface area contributed by atoms with Gasteiger partial charge in [0.15, 0.2) is 0 Å². The fourth-order valence-electron chi connectivity index (χ4n) is 2.37. The summed E-state index contributed by atoms with van der Waals surface area (Å²) < 4.78 is 6.89. The number of benzene rings is 1. The Morgan fingerprint density at radius 2 is 1.95 bits per heavy atom. The van der Waals surface area contributed by atoms with Gasteiger partial charge in [0.2, 0.25) is 0 Å². The van der Waals surface area contributed by atoms with Gasteiger partial charge in [-0.2, -0.15) is 5.10 Å². The molecule has 0 saturated carbocycles. The van der Waals surface area contributed by atoms with Crippen LogP contribution in [-0.4, -0.2) is 28.1 Å². The second kappa shape index (κ2) is 6.96. The Morgan fingerprint density at radius 3 is 2.48 bits per heavy atom.